The maximum atomic E-state index is 11.5. The number of rotatable bonds is 8. The smallest absolute Gasteiger partial charge is 0.297 e. The quantitative estimate of drug-likeness (QED) is 0.585. The average Bonchev–Trinajstić information content (AvgIpc) is 2.93. The first-order valence-corrected chi connectivity index (χ1v) is 7.53. The van der Waals surface area contributed by atoms with E-state index in [1.807, 2.05) is 18.3 Å². The molecule has 0 unspecified atom stereocenters. The molecule has 0 saturated carbocycles. The molecule has 0 aliphatic heterocycles. The predicted molar refractivity (Wildman–Crippen MR) is 83.7 cm³/mol. The van der Waals surface area contributed by atoms with Crippen LogP contribution in [0.15, 0.2) is 40.2 Å². The highest BCUT2D eigenvalue weighted by Gasteiger charge is 1.99. The lowest BCUT2D eigenvalue weighted by molar-refractivity contribution is 0.655. The Balaban J connectivity index is 1.82. The summed E-state index contributed by atoms with van der Waals surface area (Å²) in [7, 11) is 0. The van der Waals surface area contributed by atoms with Crippen LogP contribution in [-0.4, -0.2) is 24.5 Å². The van der Waals surface area contributed by atoms with E-state index in [4.69, 9.17) is 0 Å². The Bertz CT molecular complexity index is 726. The van der Waals surface area contributed by atoms with Crippen molar-refractivity contribution in [1.82, 2.24) is 24.5 Å². The highest BCUT2D eigenvalue weighted by Crippen LogP contribution is 2.02. The molecule has 0 bridgehead atoms. The zero-order valence-electron chi connectivity index (χ0n) is 12.7. The van der Waals surface area contributed by atoms with Gasteiger partial charge in [-0.05, 0) is 12.8 Å². The van der Waals surface area contributed by atoms with Gasteiger partial charge in [0.05, 0.1) is 12.2 Å². The Labute approximate surface area is 128 Å². The molecule has 2 heterocycles. The van der Waals surface area contributed by atoms with Crippen molar-refractivity contribution in [2.24, 2.45) is 0 Å². The maximum absolute atomic E-state index is 11.5. The summed E-state index contributed by atoms with van der Waals surface area (Å²) in [4.78, 5) is 24.6. The third-order valence-corrected chi connectivity index (χ3v) is 3.28. The van der Waals surface area contributed by atoms with E-state index in [-0.39, 0.29) is 5.56 Å². The highest BCUT2D eigenvalue weighted by molar-refractivity contribution is 4.94. The number of aromatic nitrogens is 5. The molecule has 2 aromatic heterocycles. The highest BCUT2D eigenvalue weighted by atomic mass is 16.2. The minimum atomic E-state index is -0.406. The zero-order valence-corrected chi connectivity index (χ0v) is 12.7. The fraction of sp³-hybridized carbons (Fsp3) is 0.467. The van der Waals surface area contributed by atoms with Gasteiger partial charge in [0, 0.05) is 25.0 Å². The molecule has 0 spiro atoms. The van der Waals surface area contributed by atoms with Crippen LogP contribution in [-0.2, 0) is 19.5 Å². The van der Waals surface area contributed by atoms with Crippen molar-refractivity contribution < 1.29 is 0 Å². The van der Waals surface area contributed by atoms with E-state index in [0.29, 0.717) is 13.1 Å². The summed E-state index contributed by atoms with van der Waals surface area (Å²) >= 11 is 0. The number of nitrogens with zero attached hydrogens (tertiary/aromatic N) is 4. The average molecular weight is 303 g/mol. The first kappa shape index (κ1) is 15.9. The van der Waals surface area contributed by atoms with E-state index in [9.17, 15) is 9.59 Å². The Hall–Kier alpha value is -2.44. The molecule has 0 amide bonds. The van der Waals surface area contributed by atoms with Crippen LogP contribution in [0, 0.1) is 0 Å². The molecule has 118 valence electrons. The van der Waals surface area contributed by atoms with Crippen molar-refractivity contribution in [3.63, 3.8) is 0 Å². The molecule has 0 fully saturated rings. The Morgan fingerprint density at radius 3 is 2.82 bits per heavy atom. The van der Waals surface area contributed by atoms with Crippen LogP contribution in [0.4, 0.5) is 0 Å². The number of hydrogen-bond acceptors (Lipinski definition) is 4. The summed E-state index contributed by atoms with van der Waals surface area (Å²) in [5.74, 6) is 0. The lowest BCUT2D eigenvalue weighted by atomic mass is 10.2. The summed E-state index contributed by atoms with van der Waals surface area (Å²) in [6.07, 6.45) is 11.7. The van der Waals surface area contributed by atoms with Crippen molar-refractivity contribution in [3.05, 3.63) is 57.1 Å². The van der Waals surface area contributed by atoms with Gasteiger partial charge in [0.25, 0.3) is 5.56 Å². The van der Waals surface area contributed by atoms with Crippen LogP contribution in [0.5, 0.6) is 0 Å². The van der Waals surface area contributed by atoms with E-state index in [1.54, 1.807) is 4.68 Å². The lowest BCUT2D eigenvalue weighted by Crippen LogP contribution is -2.28. The van der Waals surface area contributed by atoms with Crippen LogP contribution in [0.1, 0.15) is 31.9 Å². The van der Waals surface area contributed by atoms with E-state index in [2.05, 4.69) is 22.2 Å². The third kappa shape index (κ3) is 4.83. The second-order valence-electron chi connectivity index (χ2n) is 5.12. The van der Waals surface area contributed by atoms with E-state index in [0.717, 1.165) is 18.5 Å². The summed E-state index contributed by atoms with van der Waals surface area (Å²) in [5, 5.41) is 8.20. The first-order valence-electron chi connectivity index (χ1n) is 7.53. The second kappa shape index (κ2) is 8.11. The number of unbranched alkanes of at least 4 members (excludes halogenated alkanes) is 2. The van der Waals surface area contributed by atoms with Crippen LogP contribution < -0.4 is 11.2 Å². The second-order valence-corrected chi connectivity index (χ2v) is 5.12. The molecule has 0 aromatic carbocycles. The van der Waals surface area contributed by atoms with Gasteiger partial charge in [-0.25, -0.2) is 9.48 Å². The summed E-state index contributed by atoms with van der Waals surface area (Å²) in [5.41, 5.74) is 0.221. The van der Waals surface area contributed by atoms with Crippen LogP contribution in [0.25, 0.3) is 0 Å². The van der Waals surface area contributed by atoms with Crippen molar-refractivity contribution in [2.75, 3.05) is 0 Å². The number of allylic oxidation sites excluding steroid dienone is 2. The molecule has 2 aromatic rings. The molecule has 0 atom stereocenters. The molecule has 2 rings (SSSR count). The number of aryl methyl sites for hydroxylation is 1. The van der Waals surface area contributed by atoms with Crippen molar-refractivity contribution in [1.29, 1.82) is 0 Å². The number of nitrogens with one attached hydrogen (secondary N) is 1. The van der Waals surface area contributed by atoms with Gasteiger partial charge < -0.3 is 0 Å². The number of aromatic amines is 1. The molecule has 22 heavy (non-hydrogen) atoms. The van der Waals surface area contributed by atoms with Gasteiger partial charge in [0.15, 0.2) is 0 Å². The van der Waals surface area contributed by atoms with E-state index < -0.39 is 5.69 Å². The SMILES string of the molecule is CCCCCc1cn(C/C=C\Cn2ccc(=O)[nH]c2=O)nn1. The molecule has 7 nitrogen and oxygen atoms in total. The predicted octanol–water partition coefficient (Wildman–Crippen LogP) is 1.12. The molecular weight excluding hydrogens is 282 g/mol. The van der Waals surface area contributed by atoms with Gasteiger partial charge in [-0.1, -0.05) is 37.1 Å². The van der Waals surface area contributed by atoms with Crippen LogP contribution >= 0.6 is 0 Å². The van der Waals surface area contributed by atoms with Crippen molar-refractivity contribution in [3.8, 4) is 0 Å². The normalized spacial score (nSPS) is 11.3. The molecule has 1 N–H and O–H groups in total. The van der Waals surface area contributed by atoms with Gasteiger partial charge in [-0.3, -0.25) is 14.3 Å². The van der Waals surface area contributed by atoms with Gasteiger partial charge >= 0.3 is 5.69 Å². The minimum absolute atomic E-state index is 0.386. The summed E-state index contributed by atoms with van der Waals surface area (Å²) in [6, 6.07) is 1.33. The lowest BCUT2D eigenvalue weighted by Gasteiger charge is -1.99. The third-order valence-electron chi connectivity index (χ3n) is 3.28. The largest absolute Gasteiger partial charge is 0.328 e. The van der Waals surface area contributed by atoms with Crippen LogP contribution in [0.2, 0.25) is 0 Å². The Morgan fingerprint density at radius 1 is 1.23 bits per heavy atom. The fourth-order valence-electron chi connectivity index (χ4n) is 2.06. The molecule has 0 saturated heterocycles. The zero-order chi connectivity index (χ0) is 15.8. The molecule has 0 aliphatic rings. The number of H-pyrrole nitrogens is 1. The number of hydrogen-bond donors (Lipinski definition) is 1. The van der Waals surface area contributed by atoms with Gasteiger partial charge in [0.1, 0.15) is 0 Å². The molecule has 7 heteroatoms. The fourth-order valence-corrected chi connectivity index (χ4v) is 2.06. The van der Waals surface area contributed by atoms with Gasteiger partial charge in [-0.15, -0.1) is 5.10 Å². The van der Waals surface area contributed by atoms with Crippen molar-refractivity contribution >= 4 is 0 Å². The van der Waals surface area contributed by atoms with Gasteiger partial charge in [-0.2, -0.15) is 0 Å². The van der Waals surface area contributed by atoms with E-state index in [1.165, 1.54) is 29.7 Å². The maximum Gasteiger partial charge on any atom is 0.328 e. The first-order chi connectivity index (χ1) is 10.7. The minimum Gasteiger partial charge on any atom is -0.297 e. The monoisotopic (exact) mass is 303 g/mol. The van der Waals surface area contributed by atoms with E-state index >= 15 is 0 Å². The molecule has 0 aliphatic carbocycles. The summed E-state index contributed by atoms with van der Waals surface area (Å²) in [6.45, 7) is 3.20. The summed E-state index contributed by atoms with van der Waals surface area (Å²) < 4.78 is 3.20. The Morgan fingerprint density at radius 2 is 2.05 bits per heavy atom. The van der Waals surface area contributed by atoms with Crippen LogP contribution in [0.3, 0.4) is 0 Å². The molecule has 0 radical (unpaired) electrons. The van der Waals surface area contributed by atoms with Crippen molar-refractivity contribution in [2.45, 2.75) is 45.7 Å². The molecular formula is C15H21N5O2. The standard InChI is InChI=1S/C15H21N5O2/c1-2-3-4-7-13-12-20(18-17-13)10-6-5-9-19-11-8-14(21)16-15(19)22/h5-6,8,11-12H,2-4,7,9-10H2,1H3,(H,16,21,22)/b6-5-. The van der Waals surface area contributed by atoms with Gasteiger partial charge in [0.2, 0.25) is 0 Å². The Kier molecular flexibility index (Phi) is 5.88. The topological polar surface area (TPSA) is 85.6 Å².